The SMILES string of the molecule is NC(=O)O[C@H]1CC[C@H](C(=O)NNC(=O)C(F)F)CC1. The van der Waals surface area contributed by atoms with Gasteiger partial charge in [-0.1, -0.05) is 0 Å². The number of nitrogens with two attached hydrogens (primary N) is 1. The highest BCUT2D eigenvalue weighted by molar-refractivity contribution is 5.84. The number of nitrogens with one attached hydrogen (secondary N) is 2. The number of carbonyl (C=O) groups excluding carboxylic acids is 3. The molecule has 1 aliphatic rings. The number of amides is 3. The lowest BCUT2D eigenvalue weighted by Crippen LogP contribution is -2.47. The molecule has 0 bridgehead atoms. The highest BCUT2D eigenvalue weighted by Crippen LogP contribution is 2.26. The minimum absolute atomic E-state index is 0.322. The van der Waals surface area contributed by atoms with Gasteiger partial charge in [0, 0.05) is 5.92 Å². The van der Waals surface area contributed by atoms with Crippen LogP contribution in [0.15, 0.2) is 0 Å². The first kappa shape index (κ1) is 15.1. The lowest BCUT2D eigenvalue weighted by molar-refractivity contribution is -0.137. The molecule has 3 amide bonds. The van der Waals surface area contributed by atoms with Crippen LogP contribution in [0, 0.1) is 5.92 Å². The zero-order chi connectivity index (χ0) is 14.4. The molecule has 0 spiro atoms. The first-order chi connectivity index (χ1) is 8.90. The van der Waals surface area contributed by atoms with E-state index >= 15 is 0 Å². The quantitative estimate of drug-likeness (QED) is 0.634. The third-order valence-corrected chi connectivity index (χ3v) is 2.83. The van der Waals surface area contributed by atoms with E-state index in [1.165, 1.54) is 0 Å². The number of primary amides is 1. The summed E-state index contributed by atoms with van der Waals surface area (Å²) in [5.74, 6) is -2.50. The van der Waals surface area contributed by atoms with Gasteiger partial charge in [0.25, 0.3) is 0 Å². The van der Waals surface area contributed by atoms with Crippen molar-refractivity contribution >= 4 is 17.9 Å². The highest BCUT2D eigenvalue weighted by atomic mass is 19.3. The number of hydrogen-bond acceptors (Lipinski definition) is 4. The number of halogens is 2. The molecule has 0 saturated heterocycles. The van der Waals surface area contributed by atoms with Gasteiger partial charge in [0.1, 0.15) is 6.10 Å². The highest BCUT2D eigenvalue weighted by Gasteiger charge is 2.28. The van der Waals surface area contributed by atoms with E-state index in [2.05, 4.69) is 0 Å². The van der Waals surface area contributed by atoms with E-state index in [0.717, 1.165) is 0 Å². The summed E-state index contributed by atoms with van der Waals surface area (Å²) in [6.07, 6.45) is -2.59. The number of alkyl halides is 2. The van der Waals surface area contributed by atoms with Crippen molar-refractivity contribution in [1.29, 1.82) is 0 Å². The molecule has 0 aromatic heterocycles. The molecule has 19 heavy (non-hydrogen) atoms. The van der Waals surface area contributed by atoms with Crippen LogP contribution in [0.5, 0.6) is 0 Å². The van der Waals surface area contributed by atoms with Crippen molar-refractivity contribution in [3.63, 3.8) is 0 Å². The summed E-state index contributed by atoms with van der Waals surface area (Å²) in [7, 11) is 0. The van der Waals surface area contributed by atoms with Crippen molar-refractivity contribution in [2.24, 2.45) is 11.7 Å². The first-order valence-corrected chi connectivity index (χ1v) is 5.74. The predicted octanol–water partition coefficient (Wildman–Crippen LogP) is 0.0530. The molecule has 0 unspecified atom stereocenters. The van der Waals surface area contributed by atoms with E-state index in [0.29, 0.717) is 25.7 Å². The number of hydrazine groups is 1. The van der Waals surface area contributed by atoms with Crippen LogP contribution in [0.3, 0.4) is 0 Å². The van der Waals surface area contributed by atoms with Crippen LogP contribution in [0.2, 0.25) is 0 Å². The Morgan fingerprint density at radius 1 is 1.11 bits per heavy atom. The maximum atomic E-state index is 11.9. The monoisotopic (exact) mass is 279 g/mol. The van der Waals surface area contributed by atoms with Crippen molar-refractivity contribution in [3.05, 3.63) is 0 Å². The van der Waals surface area contributed by atoms with E-state index < -0.39 is 30.3 Å². The molecule has 1 rings (SSSR count). The van der Waals surface area contributed by atoms with Gasteiger partial charge in [-0.3, -0.25) is 20.4 Å². The van der Waals surface area contributed by atoms with Gasteiger partial charge in [-0.25, -0.2) is 4.79 Å². The van der Waals surface area contributed by atoms with Gasteiger partial charge in [-0.05, 0) is 25.7 Å². The molecule has 0 atom stereocenters. The van der Waals surface area contributed by atoms with Crippen LogP contribution in [0.25, 0.3) is 0 Å². The van der Waals surface area contributed by atoms with E-state index in [-0.39, 0.29) is 6.10 Å². The molecule has 1 aliphatic carbocycles. The zero-order valence-corrected chi connectivity index (χ0v) is 10.0. The molecule has 9 heteroatoms. The summed E-state index contributed by atoms with van der Waals surface area (Å²) in [5.41, 5.74) is 8.44. The molecule has 4 N–H and O–H groups in total. The molecular formula is C10H15F2N3O4. The number of rotatable bonds is 3. The fraction of sp³-hybridized carbons (Fsp3) is 0.700. The maximum Gasteiger partial charge on any atom is 0.404 e. The molecule has 0 aromatic carbocycles. The fourth-order valence-corrected chi connectivity index (χ4v) is 1.89. The molecule has 0 radical (unpaired) electrons. The Balaban J connectivity index is 2.29. The third-order valence-electron chi connectivity index (χ3n) is 2.83. The Morgan fingerprint density at radius 2 is 1.68 bits per heavy atom. The second kappa shape index (κ2) is 6.86. The van der Waals surface area contributed by atoms with Crippen LogP contribution in [0.1, 0.15) is 25.7 Å². The van der Waals surface area contributed by atoms with Gasteiger partial charge in [0.2, 0.25) is 5.91 Å². The van der Waals surface area contributed by atoms with Gasteiger partial charge in [-0.2, -0.15) is 8.78 Å². The largest absolute Gasteiger partial charge is 0.446 e. The molecule has 1 saturated carbocycles. The summed E-state index contributed by atoms with van der Waals surface area (Å²) in [6, 6.07) is 0. The van der Waals surface area contributed by atoms with Crippen molar-refractivity contribution in [2.75, 3.05) is 0 Å². The molecule has 108 valence electrons. The van der Waals surface area contributed by atoms with Gasteiger partial charge in [0.05, 0.1) is 0 Å². The first-order valence-electron chi connectivity index (χ1n) is 5.74. The van der Waals surface area contributed by atoms with Crippen LogP contribution in [0.4, 0.5) is 13.6 Å². The van der Waals surface area contributed by atoms with E-state index in [1.54, 1.807) is 5.43 Å². The van der Waals surface area contributed by atoms with Gasteiger partial charge < -0.3 is 10.5 Å². The third kappa shape index (κ3) is 5.06. The van der Waals surface area contributed by atoms with Gasteiger partial charge in [0.15, 0.2) is 0 Å². The fourth-order valence-electron chi connectivity index (χ4n) is 1.89. The Morgan fingerprint density at radius 3 is 2.16 bits per heavy atom. The lowest BCUT2D eigenvalue weighted by Gasteiger charge is -2.26. The summed E-state index contributed by atoms with van der Waals surface area (Å²) in [6.45, 7) is 0. The smallest absolute Gasteiger partial charge is 0.404 e. The summed E-state index contributed by atoms with van der Waals surface area (Å²) in [4.78, 5) is 32.6. The topological polar surface area (TPSA) is 111 Å². The molecule has 7 nitrogen and oxygen atoms in total. The molecule has 0 aromatic rings. The molecule has 1 fully saturated rings. The normalized spacial score (nSPS) is 22.7. The summed E-state index contributed by atoms with van der Waals surface area (Å²) in [5, 5.41) is 0. The number of ether oxygens (including phenoxy) is 1. The minimum Gasteiger partial charge on any atom is -0.446 e. The Kier molecular flexibility index (Phi) is 5.46. The standard InChI is InChI=1S/C10H15F2N3O4/c11-7(12)9(17)15-14-8(16)5-1-3-6(4-2-5)19-10(13)18/h5-7H,1-4H2,(H2,13,18)(H,14,16)(H,15,17)/t5-,6-. The summed E-state index contributed by atoms with van der Waals surface area (Å²) < 4.78 is 28.5. The predicted molar refractivity (Wildman–Crippen MR) is 58.7 cm³/mol. The maximum absolute atomic E-state index is 11.9. The average Bonchev–Trinajstić information content (AvgIpc) is 2.35. The molecule has 0 aliphatic heterocycles. The van der Waals surface area contributed by atoms with Crippen molar-refractivity contribution < 1.29 is 27.9 Å². The van der Waals surface area contributed by atoms with Crippen LogP contribution < -0.4 is 16.6 Å². The van der Waals surface area contributed by atoms with Crippen LogP contribution >= 0.6 is 0 Å². The zero-order valence-electron chi connectivity index (χ0n) is 10.0. The van der Waals surface area contributed by atoms with Gasteiger partial charge in [-0.15, -0.1) is 0 Å². The Labute approximate surface area is 107 Å². The summed E-state index contributed by atoms with van der Waals surface area (Å²) >= 11 is 0. The van der Waals surface area contributed by atoms with Crippen LogP contribution in [-0.4, -0.2) is 30.4 Å². The average molecular weight is 279 g/mol. The minimum atomic E-state index is -3.18. The second-order valence-electron chi connectivity index (χ2n) is 4.19. The lowest BCUT2D eigenvalue weighted by atomic mass is 9.87. The second-order valence-corrected chi connectivity index (χ2v) is 4.19. The van der Waals surface area contributed by atoms with E-state index in [4.69, 9.17) is 10.5 Å². The molecule has 0 heterocycles. The number of carbonyl (C=O) groups is 3. The Hall–Kier alpha value is -1.93. The Bertz CT molecular complexity index is 357. The van der Waals surface area contributed by atoms with Crippen molar-refractivity contribution in [1.82, 2.24) is 10.9 Å². The van der Waals surface area contributed by atoms with Crippen LogP contribution in [-0.2, 0) is 14.3 Å². The number of hydrogen-bond donors (Lipinski definition) is 3. The van der Waals surface area contributed by atoms with E-state index in [1.807, 2.05) is 5.43 Å². The van der Waals surface area contributed by atoms with Crippen molar-refractivity contribution in [3.8, 4) is 0 Å². The van der Waals surface area contributed by atoms with Gasteiger partial charge >= 0.3 is 18.4 Å². The van der Waals surface area contributed by atoms with Crippen molar-refractivity contribution in [2.45, 2.75) is 38.2 Å². The molecular weight excluding hydrogens is 264 g/mol. The van der Waals surface area contributed by atoms with E-state index in [9.17, 15) is 23.2 Å².